The van der Waals surface area contributed by atoms with Crippen LogP contribution in [0.2, 0.25) is 0 Å². The number of hydrogen-bond donors (Lipinski definition) is 1. The molecule has 0 aliphatic heterocycles. The van der Waals surface area contributed by atoms with Crippen LogP contribution in [0.4, 0.5) is 10.1 Å². The molecule has 1 N–H and O–H groups in total. The number of benzene rings is 2. The standard InChI is InChI=1S/C16H16FNO/c1-19-13-8-6-12(7-9-13)18-16-14-5-3-2-4-11(14)10-15(16)17/h2-9,15-16,18H,10H2,1H3/t15-,16-/m0/s1. The number of alkyl halides is 1. The number of halogens is 1. The lowest BCUT2D eigenvalue weighted by Crippen LogP contribution is -2.17. The Hall–Kier alpha value is -2.03. The fourth-order valence-corrected chi connectivity index (χ4v) is 2.58. The minimum absolute atomic E-state index is 0.260. The SMILES string of the molecule is COc1ccc(N[C@H]2c3ccccc3C[C@@H]2F)cc1. The first-order valence-corrected chi connectivity index (χ1v) is 6.40. The molecule has 0 bridgehead atoms. The lowest BCUT2D eigenvalue weighted by molar-refractivity contribution is 0.315. The van der Waals surface area contributed by atoms with Crippen LogP contribution in [0.5, 0.6) is 5.75 Å². The van der Waals surface area contributed by atoms with E-state index in [1.54, 1.807) is 7.11 Å². The average molecular weight is 257 g/mol. The Morgan fingerprint density at radius 2 is 1.84 bits per heavy atom. The third-order valence-electron chi connectivity index (χ3n) is 3.58. The second-order valence-corrected chi connectivity index (χ2v) is 4.77. The molecule has 0 saturated carbocycles. The van der Waals surface area contributed by atoms with Gasteiger partial charge in [-0.25, -0.2) is 4.39 Å². The van der Waals surface area contributed by atoms with Crippen molar-refractivity contribution in [3.05, 3.63) is 59.7 Å². The number of nitrogens with one attached hydrogen (secondary N) is 1. The van der Waals surface area contributed by atoms with Crippen molar-refractivity contribution in [1.29, 1.82) is 0 Å². The van der Waals surface area contributed by atoms with Gasteiger partial charge in [-0.2, -0.15) is 0 Å². The molecule has 2 atom stereocenters. The van der Waals surface area contributed by atoms with E-state index in [-0.39, 0.29) is 6.04 Å². The summed E-state index contributed by atoms with van der Waals surface area (Å²) in [7, 11) is 1.63. The molecular weight excluding hydrogens is 241 g/mol. The molecule has 2 aromatic rings. The molecule has 0 spiro atoms. The van der Waals surface area contributed by atoms with Crippen LogP contribution in [-0.4, -0.2) is 13.3 Å². The maximum Gasteiger partial charge on any atom is 0.128 e. The van der Waals surface area contributed by atoms with Gasteiger partial charge in [0.05, 0.1) is 13.2 Å². The molecule has 1 aliphatic carbocycles. The summed E-state index contributed by atoms with van der Waals surface area (Å²) >= 11 is 0. The van der Waals surface area contributed by atoms with Gasteiger partial charge in [0.25, 0.3) is 0 Å². The summed E-state index contributed by atoms with van der Waals surface area (Å²) in [6.07, 6.45) is -0.385. The highest BCUT2D eigenvalue weighted by Crippen LogP contribution is 2.36. The third kappa shape index (κ3) is 2.28. The van der Waals surface area contributed by atoms with Crippen LogP contribution in [0.1, 0.15) is 17.2 Å². The molecule has 2 nitrogen and oxygen atoms in total. The number of ether oxygens (including phenoxy) is 1. The predicted molar refractivity (Wildman–Crippen MR) is 74.4 cm³/mol. The van der Waals surface area contributed by atoms with Crippen LogP contribution in [0, 0.1) is 0 Å². The second-order valence-electron chi connectivity index (χ2n) is 4.77. The van der Waals surface area contributed by atoms with Crippen molar-refractivity contribution in [2.45, 2.75) is 18.6 Å². The summed E-state index contributed by atoms with van der Waals surface area (Å²) in [6.45, 7) is 0. The van der Waals surface area contributed by atoms with Crippen LogP contribution in [0.15, 0.2) is 48.5 Å². The lowest BCUT2D eigenvalue weighted by atomic mass is 10.1. The third-order valence-corrected chi connectivity index (χ3v) is 3.58. The van der Waals surface area contributed by atoms with E-state index in [2.05, 4.69) is 5.32 Å². The van der Waals surface area contributed by atoms with Crippen molar-refractivity contribution in [3.8, 4) is 5.75 Å². The zero-order chi connectivity index (χ0) is 13.2. The van der Waals surface area contributed by atoms with Crippen LogP contribution in [0.25, 0.3) is 0 Å². The Labute approximate surface area is 112 Å². The van der Waals surface area contributed by atoms with Gasteiger partial charge < -0.3 is 10.1 Å². The zero-order valence-electron chi connectivity index (χ0n) is 10.8. The van der Waals surface area contributed by atoms with E-state index in [9.17, 15) is 4.39 Å². The van der Waals surface area contributed by atoms with Gasteiger partial charge in [-0.15, -0.1) is 0 Å². The van der Waals surface area contributed by atoms with Gasteiger partial charge in [-0.05, 0) is 35.4 Å². The number of fused-ring (bicyclic) bond motifs is 1. The molecule has 0 saturated heterocycles. The Bertz CT molecular complexity index is 567. The van der Waals surface area contributed by atoms with Crippen molar-refractivity contribution in [1.82, 2.24) is 0 Å². The maximum absolute atomic E-state index is 14.1. The van der Waals surface area contributed by atoms with Crippen molar-refractivity contribution in [3.63, 3.8) is 0 Å². The Morgan fingerprint density at radius 1 is 1.11 bits per heavy atom. The van der Waals surface area contributed by atoms with Crippen molar-refractivity contribution < 1.29 is 9.13 Å². The second kappa shape index (κ2) is 4.92. The van der Waals surface area contributed by atoms with E-state index in [1.165, 1.54) is 0 Å². The van der Waals surface area contributed by atoms with Gasteiger partial charge >= 0.3 is 0 Å². The number of hydrogen-bond acceptors (Lipinski definition) is 2. The van der Waals surface area contributed by atoms with E-state index in [1.807, 2.05) is 48.5 Å². The molecule has 0 radical (unpaired) electrons. The van der Waals surface area contributed by atoms with Gasteiger partial charge in [0.1, 0.15) is 11.9 Å². The van der Waals surface area contributed by atoms with E-state index in [0.29, 0.717) is 6.42 Å². The average Bonchev–Trinajstić information content (AvgIpc) is 2.76. The summed E-state index contributed by atoms with van der Waals surface area (Å²) in [5.41, 5.74) is 3.07. The highest BCUT2D eigenvalue weighted by molar-refractivity contribution is 5.51. The minimum atomic E-state index is -0.875. The molecule has 0 fully saturated rings. The van der Waals surface area contributed by atoms with E-state index < -0.39 is 6.17 Å². The van der Waals surface area contributed by atoms with Crippen LogP contribution < -0.4 is 10.1 Å². The van der Waals surface area contributed by atoms with Crippen molar-refractivity contribution in [2.24, 2.45) is 0 Å². The fraction of sp³-hybridized carbons (Fsp3) is 0.250. The summed E-state index contributed by atoms with van der Waals surface area (Å²) in [5, 5.41) is 3.27. The van der Waals surface area contributed by atoms with E-state index in [4.69, 9.17) is 4.74 Å². The summed E-state index contributed by atoms with van der Waals surface area (Å²) < 4.78 is 19.2. The summed E-state index contributed by atoms with van der Waals surface area (Å²) in [4.78, 5) is 0. The first kappa shape index (κ1) is 12.0. The molecule has 19 heavy (non-hydrogen) atoms. The quantitative estimate of drug-likeness (QED) is 0.904. The molecule has 3 heteroatoms. The molecule has 2 aromatic carbocycles. The number of anilines is 1. The van der Waals surface area contributed by atoms with E-state index in [0.717, 1.165) is 22.6 Å². The Kier molecular flexibility index (Phi) is 3.11. The molecule has 0 heterocycles. The monoisotopic (exact) mass is 257 g/mol. The molecule has 0 unspecified atom stereocenters. The van der Waals surface area contributed by atoms with Gasteiger partial charge in [0.2, 0.25) is 0 Å². The molecule has 0 amide bonds. The predicted octanol–water partition coefficient (Wildman–Crippen LogP) is 3.74. The summed E-state index contributed by atoms with van der Waals surface area (Å²) in [6, 6.07) is 15.2. The van der Waals surface area contributed by atoms with Gasteiger partial charge in [0.15, 0.2) is 0 Å². The summed E-state index contributed by atoms with van der Waals surface area (Å²) in [5.74, 6) is 0.800. The highest BCUT2D eigenvalue weighted by Gasteiger charge is 2.31. The van der Waals surface area contributed by atoms with E-state index >= 15 is 0 Å². The van der Waals surface area contributed by atoms with Crippen LogP contribution in [-0.2, 0) is 6.42 Å². The normalized spacial score (nSPS) is 20.9. The van der Waals surface area contributed by atoms with Gasteiger partial charge in [-0.3, -0.25) is 0 Å². The van der Waals surface area contributed by atoms with Gasteiger partial charge in [-0.1, -0.05) is 24.3 Å². The topological polar surface area (TPSA) is 21.3 Å². The van der Waals surface area contributed by atoms with Crippen LogP contribution >= 0.6 is 0 Å². The van der Waals surface area contributed by atoms with Crippen molar-refractivity contribution >= 4 is 5.69 Å². The maximum atomic E-state index is 14.1. The van der Waals surface area contributed by atoms with Crippen molar-refractivity contribution in [2.75, 3.05) is 12.4 Å². The fourth-order valence-electron chi connectivity index (χ4n) is 2.58. The zero-order valence-corrected chi connectivity index (χ0v) is 10.8. The molecular formula is C16H16FNO. The molecule has 1 aliphatic rings. The minimum Gasteiger partial charge on any atom is -0.497 e. The van der Waals surface area contributed by atoms with Crippen LogP contribution in [0.3, 0.4) is 0 Å². The first-order chi connectivity index (χ1) is 9.28. The molecule has 98 valence electrons. The number of rotatable bonds is 3. The lowest BCUT2D eigenvalue weighted by Gasteiger charge is -2.18. The first-order valence-electron chi connectivity index (χ1n) is 6.40. The number of methoxy groups -OCH3 is 1. The smallest absolute Gasteiger partial charge is 0.128 e. The highest BCUT2D eigenvalue weighted by atomic mass is 19.1. The molecule has 3 rings (SSSR count). The largest absolute Gasteiger partial charge is 0.497 e. The Morgan fingerprint density at radius 3 is 2.58 bits per heavy atom. The Balaban J connectivity index is 1.82. The van der Waals surface area contributed by atoms with Gasteiger partial charge in [0, 0.05) is 12.1 Å². The molecule has 0 aromatic heterocycles.